The van der Waals surface area contributed by atoms with E-state index in [0.29, 0.717) is 0 Å². The number of rotatable bonds is 2. The van der Waals surface area contributed by atoms with Crippen molar-refractivity contribution >= 4 is 10.1 Å². The van der Waals surface area contributed by atoms with E-state index in [1.165, 1.54) is 0 Å². The zero-order valence-corrected chi connectivity index (χ0v) is 7.29. The molecule has 0 aliphatic rings. The summed E-state index contributed by atoms with van der Waals surface area (Å²) in [4.78, 5) is 0. The number of alkyl halides is 6. The van der Waals surface area contributed by atoms with Crippen molar-refractivity contribution in [2.75, 3.05) is 0 Å². The predicted octanol–water partition coefficient (Wildman–Crippen LogP) is 1.80. The van der Waals surface area contributed by atoms with E-state index in [0.717, 1.165) is 0 Å². The summed E-state index contributed by atoms with van der Waals surface area (Å²) in [7, 11) is -6.20. The maximum Gasteiger partial charge on any atom is 0.523 e. The molecule has 0 radical (unpaired) electrons. The fraction of sp³-hybridized carbons (Fsp3) is 1.00. The average Bonchev–Trinajstić information content (AvgIpc) is 1.80. The molecule has 0 heterocycles. The van der Waals surface area contributed by atoms with Crippen LogP contribution >= 0.6 is 0 Å². The summed E-state index contributed by atoms with van der Waals surface area (Å²) in [6.07, 6.45) is -8.20. The van der Waals surface area contributed by atoms with Crippen molar-refractivity contribution in [3.05, 3.63) is 0 Å². The molecule has 0 aliphatic heterocycles. The van der Waals surface area contributed by atoms with Crippen LogP contribution in [0.1, 0.15) is 6.92 Å². The van der Waals surface area contributed by atoms with Crippen LogP contribution in [0.15, 0.2) is 0 Å². The third kappa shape index (κ3) is 3.33. The van der Waals surface area contributed by atoms with Crippen LogP contribution in [0.5, 0.6) is 0 Å². The lowest BCUT2D eigenvalue weighted by atomic mass is 10.4. The molecule has 14 heavy (non-hydrogen) atoms. The van der Waals surface area contributed by atoms with Gasteiger partial charge in [-0.2, -0.15) is 34.8 Å². The SMILES string of the molecule is C[C@H](OS(=O)(=O)C(F)(F)F)C(F)(F)F. The molecule has 0 aliphatic carbocycles. The smallest absolute Gasteiger partial charge is 0.251 e. The molecule has 1 atom stereocenters. The maximum atomic E-state index is 11.6. The van der Waals surface area contributed by atoms with Crippen LogP contribution in [-0.4, -0.2) is 26.2 Å². The normalized spacial score (nSPS) is 16.8. The zero-order valence-electron chi connectivity index (χ0n) is 6.48. The van der Waals surface area contributed by atoms with Gasteiger partial charge in [-0.1, -0.05) is 0 Å². The second-order valence-electron chi connectivity index (χ2n) is 2.18. The minimum Gasteiger partial charge on any atom is -0.251 e. The van der Waals surface area contributed by atoms with Crippen molar-refractivity contribution in [1.29, 1.82) is 0 Å². The summed E-state index contributed by atoms with van der Waals surface area (Å²) in [5.74, 6) is 0. The Morgan fingerprint density at radius 2 is 1.43 bits per heavy atom. The third-order valence-electron chi connectivity index (χ3n) is 1.02. The van der Waals surface area contributed by atoms with Crippen LogP contribution in [0.3, 0.4) is 0 Å². The van der Waals surface area contributed by atoms with E-state index >= 15 is 0 Å². The Morgan fingerprint density at radius 3 is 1.64 bits per heavy atom. The monoisotopic (exact) mass is 246 g/mol. The molecule has 0 saturated carbocycles. The Balaban J connectivity index is 4.72. The predicted molar refractivity (Wildman–Crippen MR) is 31.6 cm³/mol. The Labute approximate surface area is 74.8 Å². The Bertz CT molecular complexity index is 287. The highest BCUT2D eigenvalue weighted by atomic mass is 32.2. The molecule has 0 spiro atoms. The van der Waals surface area contributed by atoms with Crippen molar-refractivity contribution in [2.24, 2.45) is 0 Å². The average molecular weight is 246 g/mol. The molecule has 0 rings (SSSR count). The van der Waals surface area contributed by atoms with E-state index in [2.05, 4.69) is 4.18 Å². The molecule has 0 aromatic heterocycles. The first-order chi connectivity index (χ1) is 5.88. The van der Waals surface area contributed by atoms with Gasteiger partial charge >= 0.3 is 21.8 Å². The molecule has 0 fully saturated rings. The van der Waals surface area contributed by atoms with Gasteiger partial charge in [-0.3, -0.25) is 4.18 Å². The quantitative estimate of drug-likeness (QED) is 0.424. The van der Waals surface area contributed by atoms with Gasteiger partial charge < -0.3 is 0 Å². The number of halogens is 6. The Hall–Kier alpha value is -0.510. The molecule has 0 aromatic rings. The molecule has 0 aromatic carbocycles. The first-order valence-corrected chi connectivity index (χ1v) is 4.35. The van der Waals surface area contributed by atoms with Crippen molar-refractivity contribution in [3.8, 4) is 0 Å². The van der Waals surface area contributed by atoms with E-state index < -0.39 is 27.9 Å². The zero-order chi connectivity index (χ0) is 11.8. The molecule has 0 amide bonds. The van der Waals surface area contributed by atoms with Crippen LogP contribution < -0.4 is 0 Å². The van der Waals surface area contributed by atoms with Crippen molar-refractivity contribution in [3.63, 3.8) is 0 Å². The van der Waals surface area contributed by atoms with Gasteiger partial charge in [-0.25, -0.2) is 0 Å². The lowest BCUT2D eigenvalue weighted by molar-refractivity contribution is -0.191. The second kappa shape index (κ2) is 3.57. The largest absolute Gasteiger partial charge is 0.523 e. The van der Waals surface area contributed by atoms with E-state index in [4.69, 9.17) is 0 Å². The summed E-state index contributed by atoms with van der Waals surface area (Å²) in [6.45, 7) is 0.156. The highest BCUT2D eigenvalue weighted by Gasteiger charge is 2.51. The Kier molecular flexibility index (Phi) is 3.44. The van der Waals surface area contributed by atoms with E-state index in [1.54, 1.807) is 0 Å². The van der Waals surface area contributed by atoms with Crippen molar-refractivity contribution < 1.29 is 38.9 Å². The fourth-order valence-electron chi connectivity index (χ4n) is 0.299. The number of hydrogen-bond donors (Lipinski definition) is 0. The lowest BCUT2D eigenvalue weighted by Gasteiger charge is -2.16. The van der Waals surface area contributed by atoms with Crippen molar-refractivity contribution in [2.45, 2.75) is 24.7 Å². The van der Waals surface area contributed by atoms with Gasteiger partial charge in [0.25, 0.3) is 0 Å². The van der Waals surface area contributed by atoms with Gasteiger partial charge in [0, 0.05) is 0 Å². The van der Waals surface area contributed by atoms with Gasteiger partial charge in [0.1, 0.15) is 0 Å². The van der Waals surface area contributed by atoms with Crippen LogP contribution in [0, 0.1) is 0 Å². The summed E-state index contributed by atoms with van der Waals surface area (Å²) in [6, 6.07) is 0. The molecule has 10 heteroatoms. The minimum absolute atomic E-state index is 0.156. The van der Waals surface area contributed by atoms with E-state index in [9.17, 15) is 34.8 Å². The second-order valence-corrected chi connectivity index (χ2v) is 3.74. The van der Waals surface area contributed by atoms with E-state index in [1.807, 2.05) is 0 Å². The van der Waals surface area contributed by atoms with Crippen molar-refractivity contribution in [1.82, 2.24) is 0 Å². The third-order valence-corrected chi connectivity index (χ3v) is 2.12. The summed E-state index contributed by atoms with van der Waals surface area (Å²) < 4.78 is 92.4. The topological polar surface area (TPSA) is 43.4 Å². The molecule has 0 unspecified atom stereocenters. The molecule has 0 saturated heterocycles. The first-order valence-electron chi connectivity index (χ1n) is 2.94. The molecular weight excluding hydrogens is 242 g/mol. The molecular formula is C4H4F6O3S. The summed E-state index contributed by atoms with van der Waals surface area (Å²) >= 11 is 0. The number of hydrogen-bond acceptors (Lipinski definition) is 3. The standard InChI is InChI=1S/C4H4F6O3S/c1-2(3(5,6)7)13-14(11,12)4(8,9)10/h2H,1H3/t2-/m0/s1. The van der Waals surface area contributed by atoms with Gasteiger partial charge in [-0.15, -0.1) is 0 Å². The van der Waals surface area contributed by atoms with Gasteiger partial charge in [0.2, 0.25) is 0 Å². The maximum absolute atomic E-state index is 11.6. The molecule has 0 bridgehead atoms. The first kappa shape index (κ1) is 13.5. The van der Waals surface area contributed by atoms with Crippen LogP contribution in [0.4, 0.5) is 26.3 Å². The molecule has 3 nitrogen and oxygen atoms in total. The van der Waals surface area contributed by atoms with Crippen LogP contribution in [-0.2, 0) is 14.3 Å². The van der Waals surface area contributed by atoms with Gasteiger partial charge in [0.05, 0.1) is 0 Å². The summed E-state index contributed by atoms with van der Waals surface area (Å²) in [5, 5.41) is 0. The van der Waals surface area contributed by atoms with Crippen LogP contribution in [0.2, 0.25) is 0 Å². The Morgan fingerprint density at radius 1 is 1.07 bits per heavy atom. The fourth-order valence-corrected chi connectivity index (χ4v) is 0.897. The highest BCUT2D eigenvalue weighted by molar-refractivity contribution is 7.87. The molecule has 86 valence electrons. The van der Waals surface area contributed by atoms with Gasteiger partial charge in [0.15, 0.2) is 6.10 Å². The van der Waals surface area contributed by atoms with Crippen LogP contribution in [0.25, 0.3) is 0 Å². The lowest BCUT2D eigenvalue weighted by Crippen LogP contribution is -2.36. The molecule has 0 N–H and O–H groups in total. The van der Waals surface area contributed by atoms with E-state index in [-0.39, 0.29) is 6.92 Å². The van der Waals surface area contributed by atoms with Gasteiger partial charge in [-0.05, 0) is 6.92 Å². The minimum atomic E-state index is -6.20. The summed E-state index contributed by atoms with van der Waals surface area (Å²) in [5.41, 5.74) is -5.85. The highest BCUT2D eigenvalue weighted by Crippen LogP contribution is 2.30.